The number of hydrogen-bond donors (Lipinski definition) is 1. The van der Waals surface area contributed by atoms with E-state index in [2.05, 4.69) is 24.1 Å². The fourth-order valence-electron chi connectivity index (χ4n) is 2.64. The van der Waals surface area contributed by atoms with Gasteiger partial charge < -0.3 is 10.2 Å². The van der Waals surface area contributed by atoms with E-state index < -0.39 is 0 Å². The summed E-state index contributed by atoms with van der Waals surface area (Å²) in [5.41, 5.74) is 0.629. The topological polar surface area (TPSA) is 35.6 Å². The van der Waals surface area contributed by atoms with Crippen molar-refractivity contribution in [1.29, 1.82) is 0 Å². The largest absolute Gasteiger partial charge is 0.321 e. The fraction of sp³-hybridized carbons (Fsp3) is 0.562. The Hall–Kier alpha value is -1.62. The summed E-state index contributed by atoms with van der Waals surface area (Å²) in [6.45, 7) is 8.08. The molecule has 0 saturated carbocycles. The molecule has 0 bridgehead atoms. The van der Waals surface area contributed by atoms with Crippen LogP contribution in [-0.2, 0) is 0 Å². The molecule has 0 radical (unpaired) electrons. The Bertz CT molecular complexity index is 451. The zero-order valence-electron chi connectivity index (χ0n) is 12.8. The Morgan fingerprint density at radius 2 is 1.81 bits per heavy atom. The molecule has 0 spiro atoms. The van der Waals surface area contributed by atoms with Gasteiger partial charge in [-0.25, -0.2) is 9.18 Å². The first-order valence-corrected chi connectivity index (χ1v) is 7.69. The smallest absolute Gasteiger partial charge is 0.321 e. The lowest BCUT2D eigenvalue weighted by molar-refractivity contribution is 0.0614. The maximum atomic E-state index is 12.8. The van der Waals surface area contributed by atoms with Gasteiger partial charge in [0.2, 0.25) is 0 Å². The lowest BCUT2D eigenvalue weighted by Crippen LogP contribution is -2.62. The number of amides is 2. The molecule has 1 N–H and O–H groups in total. The molecule has 4 nitrogen and oxygen atoms in total. The highest BCUT2D eigenvalue weighted by atomic mass is 19.1. The van der Waals surface area contributed by atoms with Gasteiger partial charge in [0.05, 0.1) is 0 Å². The zero-order valence-corrected chi connectivity index (χ0v) is 12.8. The molecule has 0 aromatic heterocycles. The van der Waals surface area contributed by atoms with Crippen LogP contribution in [0.25, 0.3) is 0 Å². The van der Waals surface area contributed by atoms with Crippen LogP contribution < -0.4 is 5.32 Å². The molecule has 1 aliphatic rings. The van der Waals surface area contributed by atoms with Gasteiger partial charge in [-0.2, -0.15) is 0 Å². The number of halogens is 1. The second-order valence-corrected chi connectivity index (χ2v) is 5.53. The highest BCUT2D eigenvalue weighted by molar-refractivity contribution is 5.89. The quantitative estimate of drug-likeness (QED) is 0.874. The third-order valence-electron chi connectivity index (χ3n) is 3.78. The first-order chi connectivity index (χ1) is 10.1. The van der Waals surface area contributed by atoms with Gasteiger partial charge in [-0.05, 0) is 50.2 Å². The van der Waals surface area contributed by atoms with Crippen LogP contribution in [0.3, 0.4) is 0 Å². The Morgan fingerprint density at radius 1 is 1.24 bits per heavy atom. The Morgan fingerprint density at radius 3 is 2.33 bits per heavy atom. The highest BCUT2D eigenvalue weighted by Gasteiger charge is 2.34. The number of nitrogens with one attached hydrogen (secondary N) is 1. The average Bonchev–Trinajstić information content (AvgIpc) is 2.40. The number of urea groups is 1. The number of anilines is 1. The summed E-state index contributed by atoms with van der Waals surface area (Å²) in [4.78, 5) is 16.3. The number of carbonyl (C=O) groups is 1. The van der Waals surface area contributed by atoms with Crippen LogP contribution in [0.5, 0.6) is 0 Å². The SMILES string of the molecule is CCCN(CCC)C1CN(C(=O)Nc2ccc(F)cc2)C1. The molecule has 5 heteroatoms. The fourth-order valence-corrected chi connectivity index (χ4v) is 2.64. The van der Waals surface area contributed by atoms with Gasteiger partial charge in [0, 0.05) is 24.8 Å². The first kappa shape index (κ1) is 15.8. The summed E-state index contributed by atoms with van der Waals surface area (Å²) >= 11 is 0. The van der Waals surface area contributed by atoms with Crippen molar-refractivity contribution < 1.29 is 9.18 Å². The molecule has 1 heterocycles. The van der Waals surface area contributed by atoms with Crippen molar-refractivity contribution in [3.63, 3.8) is 0 Å². The van der Waals surface area contributed by atoms with E-state index in [4.69, 9.17) is 0 Å². The van der Waals surface area contributed by atoms with Gasteiger partial charge in [0.1, 0.15) is 5.82 Å². The predicted molar refractivity (Wildman–Crippen MR) is 82.9 cm³/mol. The maximum absolute atomic E-state index is 12.8. The Kier molecular flexibility index (Phi) is 5.56. The van der Waals surface area contributed by atoms with Crippen molar-refractivity contribution in [3.8, 4) is 0 Å². The van der Waals surface area contributed by atoms with Gasteiger partial charge in [-0.1, -0.05) is 13.8 Å². The van der Waals surface area contributed by atoms with Crippen molar-refractivity contribution >= 4 is 11.7 Å². The molecule has 0 unspecified atom stereocenters. The minimum Gasteiger partial charge on any atom is -0.321 e. The number of rotatable bonds is 6. The van der Waals surface area contributed by atoms with Crippen molar-refractivity contribution in [1.82, 2.24) is 9.80 Å². The summed E-state index contributed by atoms with van der Waals surface area (Å²) in [7, 11) is 0. The predicted octanol–water partition coefficient (Wildman–Crippen LogP) is 3.16. The van der Waals surface area contributed by atoms with Crippen LogP contribution in [0, 0.1) is 5.82 Å². The zero-order chi connectivity index (χ0) is 15.2. The molecule has 1 saturated heterocycles. The van der Waals surface area contributed by atoms with E-state index in [9.17, 15) is 9.18 Å². The third kappa shape index (κ3) is 4.17. The number of carbonyl (C=O) groups excluding carboxylic acids is 1. The van der Waals surface area contributed by atoms with E-state index in [0.29, 0.717) is 11.7 Å². The summed E-state index contributed by atoms with van der Waals surface area (Å²) < 4.78 is 12.8. The number of benzene rings is 1. The second kappa shape index (κ2) is 7.41. The summed E-state index contributed by atoms with van der Waals surface area (Å²) in [5, 5.41) is 2.80. The molecule has 116 valence electrons. The molecular formula is C16H24FN3O. The molecule has 2 rings (SSSR count). The first-order valence-electron chi connectivity index (χ1n) is 7.69. The lowest BCUT2D eigenvalue weighted by atomic mass is 10.1. The van der Waals surface area contributed by atoms with Crippen LogP contribution in [0.15, 0.2) is 24.3 Å². The molecule has 0 atom stereocenters. The highest BCUT2D eigenvalue weighted by Crippen LogP contribution is 2.18. The van der Waals surface area contributed by atoms with Gasteiger partial charge in [-0.15, -0.1) is 0 Å². The lowest BCUT2D eigenvalue weighted by Gasteiger charge is -2.45. The standard InChI is InChI=1S/C16H24FN3O/c1-3-9-19(10-4-2)15-11-20(12-15)16(21)18-14-7-5-13(17)6-8-14/h5-8,15H,3-4,9-12H2,1-2H3,(H,18,21). The maximum Gasteiger partial charge on any atom is 0.321 e. The van der Waals surface area contributed by atoms with E-state index >= 15 is 0 Å². The second-order valence-electron chi connectivity index (χ2n) is 5.53. The molecule has 1 aromatic carbocycles. The van der Waals surface area contributed by atoms with Crippen LogP contribution in [0.2, 0.25) is 0 Å². The summed E-state index contributed by atoms with van der Waals surface area (Å²) in [6.07, 6.45) is 2.27. The van der Waals surface area contributed by atoms with E-state index in [1.807, 2.05) is 0 Å². The molecular weight excluding hydrogens is 269 g/mol. The van der Waals surface area contributed by atoms with E-state index in [0.717, 1.165) is 39.0 Å². The van der Waals surface area contributed by atoms with Crippen molar-refractivity contribution in [2.24, 2.45) is 0 Å². The molecule has 0 aliphatic carbocycles. The van der Waals surface area contributed by atoms with Crippen LogP contribution >= 0.6 is 0 Å². The molecule has 1 aliphatic heterocycles. The molecule has 1 fully saturated rings. The number of likely N-dealkylation sites (tertiary alicyclic amines) is 1. The van der Waals surface area contributed by atoms with Crippen LogP contribution in [0.4, 0.5) is 14.9 Å². The van der Waals surface area contributed by atoms with Gasteiger partial charge in [0.25, 0.3) is 0 Å². The van der Waals surface area contributed by atoms with Crippen molar-refractivity contribution in [2.45, 2.75) is 32.7 Å². The minimum atomic E-state index is -0.299. The minimum absolute atomic E-state index is 0.106. The van der Waals surface area contributed by atoms with Crippen LogP contribution in [-0.4, -0.2) is 48.1 Å². The van der Waals surface area contributed by atoms with E-state index in [-0.39, 0.29) is 11.8 Å². The molecule has 21 heavy (non-hydrogen) atoms. The van der Waals surface area contributed by atoms with Gasteiger partial charge in [-0.3, -0.25) is 4.90 Å². The summed E-state index contributed by atoms with van der Waals surface area (Å²) in [6, 6.07) is 6.21. The molecule has 2 amide bonds. The normalized spacial score (nSPS) is 15.1. The van der Waals surface area contributed by atoms with E-state index in [1.54, 1.807) is 17.0 Å². The summed E-state index contributed by atoms with van der Waals surface area (Å²) in [5.74, 6) is -0.299. The Balaban J connectivity index is 1.80. The third-order valence-corrected chi connectivity index (χ3v) is 3.78. The van der Waals surface area contributed by atoms with Gasteiger partial charge in [0.15, 0.2) is 0 Å². The monoisotopic (exact) mass is 293 g/mol. The average molecular weight is 293 g/mol. The Labute approximate surface area is 125 Å². The van der Waals surface area contributed by atoms with E-state index in [1.165, 1.54) is 12.1 Å². The number of nitrogens with zero attached hydrogens (tertiary/aromatic N) is 2. The van der Waals surface area contributed by atoms with Gasteiger partial charge >= 0.3 is 6.03 Å². The van der Waals surface area contributed by atoms with Crippen molar-refractivity contribution in [3.05, 3.63) is 30.1 Å². The van der Waals surface area contributed by atoms with Crippen LogP contribution in [0.1, 0.15) is 26.7 Å². The number of hydrogen-bond acceptors (Lipinski definition) is 2. The molecule has 1 aromatic rings. The van der Waals surface area contributed by atoms with Crippen molar-refractivity contribution in [2.75, 3.05) is 31.5 Å².